The molecule has 2 rings (SSSR count). The Bertz CT molecular complexity index is 600. The number of hydrogen-bond donors (Lipinski definition) is 1. The summed E-state index contributed by atoms with van der Waals surface area (Å²) in [5.41, 5.74) is 2.32. The van der Waals surface area contributed by atoms with E-state index in [2.05, 4.69) is 16.4 Å². The van der Waals surface area contributed by atoms with Crippen molar-refractivity contribution in [2.45, 2.75) is 13.8 Å². The summed E-state index contributed by atoms with van der Waals surface area (Å²) in [7, 11) is 0. The number of rotatable bonds is 4. The Morgan fingerprint density at radius 1 is 1.26 bits per heavy atom. The number of nitrogens with zero attached hydrogens (tertiary/aromatic N) is 2. The number of ether oxygens (including phenoxy) is 1. The lowest BCUT2D eigenvalue weighted by atomic mass is 10.2. The number of nitriles is 1. The van der Waals surface area contributed by atoms with Crippen LogP contribution in [0, 0.1) is 18.3 Å². The van der Waals surface area contributed by atoms with Crippen molar-refractivity contribution in [3.05, 3.63) is 47.7 Å². The second-order valence-electron chi connectivity index (χ2n) is 4.08. The van der Waals surface area contributed by atoms with Gasteiger partial charge in [-0.25, -0.2) is 4.98 Å². The molecule has 2 aromatic rings. The predicted octanol–water partition coefficient (Wildman–Crippen LogP) is 3.40. The summed E-state index contributed by atoms with van der Waals surface area (Å²) in [6.07, 6.45) is 0. The molecule has 4 nitrogen and oxygen atoms in total. The molecule has 19 heavy (non-hydrogen) atoms. The van der Waals surface area contributed by atoms with Crippen LogP contribution in [0.1, 0.15) is 18.2 Å². The van der Waals surface area contributed by atoms with Gasteiger partial charge in [0.2, 0.25) is 0 Å². The Hall–Kier alpha value is -2.54. The molecule has 0 saturated heterocycles. The largest absolute Gasteiger partial charge is 0.494 e. The van der Waals surface area contributed by atoms with E-state index in [1.54, 1.807) is 12.1 Å². The number of hydrogen-bond acceptors (Lipinski definition) is 4. The maximum Gasteiger partial charge on any atom is 0.131 e. The number of aryl methyl sites for hydroxylation is 1. The minimum absolute atomic E-state index is 0.598. The number of aromatic nitrogens is 1. The van der Waals surface area contributed by atoms with Crippen molar-refractivity contribution in [1.82, 2.24) is 4.98 Å². The molecule has 0 spiro atoms. The van der Waals surface area contributed by atoms with Gasteiger partial charge in [0.05, 0.1) is 18.2 Å². The summed E-state index contributed by atoms with van der Waals surface area (Å²) in [6, 6.07) is 13.2. The first-order valence-electron chi connectivity index (χ1n) is 6.10. The Balaban J connectivity index is 2.17. The molecule has 1 aromatic heterocycles. The van der Waals surface area contributed by atoms with E-state index in [0.717, 1.165) is 17.1 Å². The van der Waals surface area contributed by atoms with Gasteiger partial charge in [0, 0.05) is 11.4 Å². The van der Waals surface area contributed by atoms with Gasteiger partial charge in [0.25, 0.3) is 0 Å². The molecular formula is C15H15N3O. The quantitative estimate of drug-likeness (QED) is 0.907. The Labute approximate surface area is 112 Å². The molecule has 1 heterocycles. The van der Waals surface area contributed by atoms with Gasteiger partial charge in [-0.3, -0.25) is 0 Å². The zero-order chi connectivity index (χ0) is 13.7. The number of anilines is 2. The summed E-state index contributed by atoms with van der Waals surface area (Å²) in [6.45, 7) is 4.47. The molecule has 0 saturated carbocycles. The molecule has 0 atom stereocenters. The molecule has 1 N–H and O–H groups in total. The molecule has 0 radical (unpaired) electrons. The van der Waals surface area contributed by atoms with Crippen LogP contribution in [0.3, 0.4) is 0 Å². The van der Waals surface area contributed by atoms with Crippen LogP contribution in [0.25, 0.3) is 0 Å². The van der Waals surface area contributed by atoms with Crippen LogP contribution < -0.4 is 10.1 Å². The SMILES string of the molecule is CCOc1ccc(Nc2cc(C#N)cc(C)n2)cc1. The molecule has 0 aliphatic rings. The summed E-state index contributed by atoms with van der Waals surface area (Å²) in [4.78, 5) is 4.34. The number of nitrogens with one attached hydrogen (secondary N) is 1. The summed E-state index contributed by atoms with van der Waals surface area (Å²) < 4.78 is 5.38. The van der Waals surface area contributed by atoms with Crippen LogP contribution in [0.5, 0.6) is 5.75 Å². The highest BCUT2D eigenvalue weighted by Crippen LogP contribution is 2.20. The van der Waals surface area contributed by atoms with Crippen molar-refractivity contribution in [3.63, 3.8) is 0 Å². The smallest absolute Gasteiger partial charge is 0.131 e. The lowest BCUT2D eigenvalue weighted by molar-refractivity contribution is 0.340. The normalized spacial score (nSPS) is 9.74. The highest BCUT2D eigenvalue weighted by Gasteiger charge is 2.01. The van der Waals surface area contributed by atoms with E-state index < -0.39 is 0 Å². The van der Waals surface area contributed by atoms with Crippen molar-refractivity contribution in [2.75, 3.05) is 11.9 Å². The average Bonchev–Trinajstić information content (AvgIpc) is 2.40. The number of pyridine rings is 1. The Morgan fingerprint density at radius 3 is 2.63 bits per heavy atom. The van der Waals surface area contributed by atoms with E-state index in [-0.39, 0.29) is 0 Å². The van der Waals surface area contributed by atoms with Crippen molar-refractivity contribution < 1.29 is 4.74 Å². The van der Waals surface area contributed by atoms with Gasteiger partial charge in [-0.05, 0) is 50.2 Å². The van der Waals surface area contributed by atoms with E-state index in [9.17, 15) is 0 Å². The standard InChI is InChI=1S/C15H15N3O/c1-3-19-14-6-4-13(5-7-14)18-15-9-12(10-16)8-11(2)17-15/h4-9H,3H2,1-2H3,(H,17,18). The molecule has 0 amide bonds. The first kappa shape index (κ1) is 12.9. The van der Waals surface area contributed by atoms with E-state index in [0.29, 0.717) is 18.0 Å². The highest BCUT2D eigenvalue weighted by molar-refractivity contribution is 5.58. The Morgan fingerprint density at radius 2 is 2.00 bits per heavy atom. The third-order valence-electron chi connectivity index (χ3n) is 2.52. The van der Waals surface area contributed by atoms with Crippen LogP contribution in [-0.4, -0.2) is 11.6 Å². The summed E-state index contributed by atoms with van der Waals surface area (Å²) >= 11 is 0. The molecule has 96 valence electrons. The fraction of sp³-hybridized carbons (Fsp3) is 0.200. The van der Waals surface area contributed by atoms with E-state index >= 15 is 0 Å². The van der Waals surface area contributed by atoms with Crippen molar-refractivity contribution in [1.29, 1.82) is 5.26 Å². The molecule has 0 fully saturated rings. The molecule has 0 aliphatic carbocycles. The van der Waals surface area contributed by atoms with Crippen molar-refractivity contribution in [2.24, 2.45) is 0 Å². The van der Waals surface area contributed by atoms with Crippen LogP contribution in [0.2, 0.25) is 0 Å². The minimum atomic E-state index is 0.598. The molecular weight excluding hydrogens is 238 g/mol. The first-order valence-corrected chi connectivity index (χ1v) is 6.10. The monoisotopic (exact) mass is 253 g/mol. The molecule has 0 aliphatic heterocycles. The van der Waals surface area contributed by atoms with E-state index in [1.807, 2.05) is 38.1 Å². The maximum atomic E-state index is 8.93. The first-order chi connectivity index (χ1) is 9.21. The molecule has 0 unspecified atom stereocenters. The average molecular weight is 253 g/mol. The third-order valence-corrected chi connectivity index (χ3v) is 2.52. The summed E-state index contributed by atoms with van der Waals surface area (Å²) in [5.74, 6) is 1.50. The second-order valence-corrected chi connectivity index (χ2v) is 4.08. The third kappa shape index (κ3) is 3.46. The van der Waals surface area contributed by atoms with Crippen LogP contribution in [-0.2, 0) is 0 Å². The van der Waals surface area contributed by atoms with Gasteiger partial charge in [-0.2, -0.15) is 5.26 Å². The highest BCUT2D eigenvalue weighted by atomic mass is 16.5. The maximum absolute atomic E-state index is 8.93. The minimum Gasteiger partial charge on any atom is -0.494 e. The van der Waals surface area contributed by atoms with Gasteiger partial charge in [-0.1, -0.05) is 0 Å². The van der Waals surface area contributed by atoms with Crippen LogP contribution in [0.4, 0.5) is 11.5 Å². The van der Waals surface area contributed by atoms with Crippen LogP contribution >= 0.6 is 0 Å². The molecule has 0 bridgehead atoms. The fourth-order valence-electron chi connectivity index (χ4n) is 1.75. The van der Waals surface area contributed by atoms with Gasteiger partial charge < -0.3 is 10.1 Å². The van der Waals surface area contributed by atoms with Crippen LogP contribution in [0.15, 0.2) is 36.4 Å². The van der Waals surface area contributed by atoms with Gasteiger partial charge in [0.15, 0.2) is 0 Å². The van der Waals surface area contributed by atoms with Crippen molar-refractivity contribution >= 4 is 11.5 Å². The second kappa shape index (κ2) is 5.87. The summed E-state index contributed by atoms with van der Waals surface area (Å²) in [5, 5.41) is 12.1. The molecule has 1 aromatic carbocycles. The van der Waals surface area contributed by atoms with E-state index in [4.69, 9.17) is 10.00 Å². The zero-order valence-corrected chi connectivity index (χ0v) is 11.0. The predicted molar refractivity (Wildman–Crippen MR) is 74.6 cm³/mol. The van der Waals surface area contributed by atoms with Gasteiger partial charge >= 0.3 is 0 Å². The number of benzene rings is 1. The zero-order valence-electron chi connectivity index (χ0n) is 11.0. The lowest BCUT2D eigenvalue weighted by Crippen LogP contribution is -1.96. The lowest BCUT2D eigenvalue weighted by Gasteiger charge is -2.08. The van der Waals surface area contributed by atoms with Gasteiger partial charge in [0.1, 0.15) is 11.6 Å². The van der Waals surface area contributed by atoms with Gasteiger partial charge in [-0.15, -0.1) is 0 Å². The fourth-order valence-corrected chi connectivity index (χ4v) is 1.75. The van der Waals surface area contributed by atoms with Crippen molar-refractivity contribution in [3.8, 4) is 11.8 Å². The Kier molecular flexibility index (Phi) is 3.99. The van der Waals surface area contributed by atoms with E-state index in [1.165, 1.54) is 0 Å². The molecule has 4 heteroatoms. The topological polar surface area (TPSA) is 57.9 Å².